The third kappa shape index (κ3) is 5.43. The molecule has 1 aromatic heterocycles. The molecule has 88 valence electrons. The molecule has 0 fully saturated rings. The first-order chi connectivity index (χ1) is 7.83. The maximum atomic E-state index is 10.7. The van der Waals surface area contributed by atoms with E-state index in [0.717, 1.165) is 12.8 Å². The lowest BCUT2D eigenvalue weighted by Crippen LogP contribution is -2.30. The summed E-state index contributed by atoms with van der Waals surface area (Å²) in [4.78, 5) is 14.7. The first-order valence-electron chi connectivity index (χ1n) is 5.29. The lowest BCUT2D eigenvalue weighted by atomic mass is 10.1. The zero-order valence-corrected chi connectivity index (χ0v) is 9.19. The fraction of sp³-hybridized carbons (Fsp3) is 0.455. The van der Waals surface area contributed by atoms with E-state index >= 15 is 0 Å². The van der Waals surface area contributed by atoms with Crippen LogP contribution in [0.25, 0.3) is 0 Å². The van der Waals surface area contributed by atoms with Gasteiger partial charge in [0.25, 0.3) is 0 Å². The number of aryl methyl sites for hydroxylation is 1. The number of nitrogens with two attached hydrogens (primary N) is 1. The molecular formula is C11H17N3O2. The summed E-state index contributed by atoms with van der Waals surface area (Å²) >= 11 is 0. The van der Waals surface area contributed by atoms with Gasteiger partial charge in [0, 0.05) is 19.0 Å². The van der Waals surface area contributed by atoms with Crippen molar-refractivity contribution in [3.8, 4) is 0 Å². The van der Waals surface area contributed by atoms with Crippen LogP contribution in [0.15, 0.2) is 24.5 Å². The van der Waals surface area contributed by atoms with Crippen LogP contribution in [-0.2, 0) is 16.0 Å². The molecule has 0 aromatic carbocycles. The molecule has 1 heterocycles. The van der Waals surface area contributed by atoms with Gasteiger partial charge < -0.3 is 4.74 Å². The number of hydrazine groups is 1. The smallest absolute Gasteiger partial charge is 0.236 e. The number of nitrogens with one attached hydrogen (secondary N) is 1. The molecule has 0 aliphatic heterocycles. The van der Waals surface area contributed by atoms with Crippen LogP contribution in [-0.4, -0.2) is 24.1 Å². The molecule has 0 spiro atoms. The van der Waals surface area contributed by atoms with Crippen molar-refractivity contribution < 1.29 is 9.53 Å². The van der Waals surface area contributed by atoms with Crippen molar-refractivity contribution in [2.45, 2.75) is 19.3 Å². The minimum Gasteiger partial charge on any atom is -0.381 e. The summed E-state index contributed by atoms with van der Waals surface area (Å²) in [5, 5.41) is 0. The average Bonchev–Trinajstić information content (AvgIpc) is 2.34. The van der Waals surface area contributed by atoms with Crippen molar-refractivity contribution in [1.82, 2.24) is 10.4 Å². The Balaban J connectivity index is 1.98. The van der Waals surface area contributed by atoms with Gasteiger partial charge in [0.05, 0.1) is 13.0 Å². The molecule has 1 aromatic rings. The quantitative estimate of drug-likeness (QED) is 0.304. The van der Waals surface area contributed by atoms with Crippen molar-refractivity contribution in [3.63, 3.8) is 0 Å². The molecule has 0 atom stereocenters. The van der Waals surface area contributed by atoms with Gasteiger partial charge in [-0.15, -0.1) is 0 Å². The predicted molar refractivity (Wildman–Crippen MR) is 60.3 cm³/mol. The van der Waals surface area contributed by atoms with Crippen LogP contribution in [0.5, 0.6) is 0 Å². The molecule has 0 aliphatic rings. The number of rotatable bonds is 7. The number of carbonyl (C=O) groups is 1. The predicted octanol–water partition coefficient (Wildman–Crippen LogP) is 0.411. The molecule has 1 rings (SSSR count). The third-order valence-corrected chi connectivity index (χ3v) is 2.14. The number of amides is 1. The first kappa shape index (κ1) is 12.6. The molecule has 1 amide bonds. The molecule has 0 unspecified atom stereocenters. The van der Waals surface area contributed by atoms with Gasteiger partial charge in [-0.25, -0.2) is 5.84 Å². The summed E-state index contributed by atoms with van der Waals surface area (Å²) in [6, 6.07) is 3.98. The molecule has 0 saturated carbocycles. The summed E-state index contributed by atoms with van der Waals surface area (Å²) in [5.74, 6) is 4.73. The van der Waals surface area contributed by atoms with Crippen molar-refractivity contribution in [2.24, 2.45) is 5.84 Å². The van der Waals surface area contributed by atoms with E-state index in [1.807, 2.05) is 12.1 Å². The van der Waals surface area contributed by atoms with E-state index < -0.39 is 0 Å². The molecule has 5 heteroatoms. The van der Waals surface area contributed by atoms with Crippen LogP contribution in [0.2, 0.25) is 0 Å². The third-order valence-electron chi connectivity index (χ3n) is 2.14. The highest BCUT2D eigenvalue weighted by Gasteiger charge is 1.97. The fourth-order valence-corrected chi connectivity index (χ4v) is 1.27. The standard InChI is InChI=1S/C11H17N3O2/c12-14-11(15)5-9-16-8-1-2-10-3-6-13-7-4-10/h3-4,6-7H,1-2,5,8-9,12H2,(H,14,15). The molecule has 16 heavy (non-hydrogen) atoms. The molecule has 0 radical (unpaired) electrons. The zero-order chi connectivity index (χ0) is 11.6. The van der Waals surface area contributed by atoms with Gasteiger partial charge in [0.2, 0.25) is 5.91 Å². The Kier molecular flexibility index (Phi) is 6.13. The van der Waals surface area contributed by atoms with Crippen LogP contribution in [0.3, 0.4) is 0 Å². The van der Waals surface area contributed by atoms with Crippen LogP contribution in [0, 0.1) is 0 Å². The Labute approximate surface area is 95.0 Å². The minimum atomic E-state index is -0.200. The molecular weight excluding hydrogens is 206 g/mol. The first-order valence-corrected chi connectivity index (χ1v) is 5.29. The van der Waals surface area contributed by atoms with Gasteiger partial charge in [-0.1, -0.05) is 0 Å². The fourth-order valence-electron chi connectivity index (χ4n) is 1.27. The van der Waals surface area contributed by atoms with Crippen molar-refractivity contribution in [3.05, 3.63) is 30.1 Å². The van der Waals surface area contributed by atoms with Crippen LogP contribution < -0.4 is 11.3 Å². The Morgan fingerprint density at radius 3 is 2.81 bits per heavy atom. The van der Waals surface area contributed by atoms with Gasteiger partial charge in [0.15, 0.2) is 0 Å². The molecule has 0 bridgehead atoms. The summed E-state index contributed by atoms with van der Waals surface area (Å²) in [7, 11) is 0. The topological polar surface area (TPSA) is 77.2 Å². The number of nitrogens with zero attached hydrogens (tertiary/aromatic N) is 1. The van der Waals surface area contributed by atoms with E-state index in [4.69, 9.17) is 10.6 Å². The van der Waals surface area contributed by atoms with Crippen LogP contribution >= 0.6 is 0 Å². The van der Waals surface area contributed by atoms with E-state index in [2.05, 4.69) is 10.4 Å². The van der Waals surface area contributed by atoms with Crippen LogP contribution in [0.4, 0.5) is 0 Å². The molecule has 5 nitrogen and oxygen atoms in total. The second-order valence-electron chi connectivity index (χ2n) is 3.39. The van der Waals surface area contributed by atoms with Gasteiger partial charge >= 0.3 is 0 Å². The van der Waals surface area contributed by atoms with Crippen molar-refractivity contribution in [1.29, 1.82) is 0 Å². The van der Waals surface area contributed by atoms with Gasteiger partial charge in [-0.2, -0.15) is 0 Å². The maximum Gasteiger partial charge on any atom is 0.236 e. The average molecular weight is 223 g/mol. The summed E-state index contributed by atoms with van der Waals surface area (Å²) < 4.78 is 5.30. The van der Waals surface area contributed by atoms with E-state index in [-0.39, 0.29) is 5.91 Å². The lowest BCUT2D eigenvalue weighted by Gasteiger charge is -2.03. The highest BCUT2D eigenvalue weighted by molar-refractivity contribution is 5.75. The molecule has 0 aliphatic carbocycles. The Bertz CT molecular complexity index is 303. The number of pyridine rings is 1. The minimum absolute atomic E-state index is 0.200. The lowest BCUT2D eigenvalue weighted by molar-refractivity contribution is -0.122. The SMILES string of the molecule is NNC(=O)CCOCCCc1ccncc1. The Morgan fingerprint density at radius 2 is 2.12 bits per heavy atom. The highest BCUT2D eigenvalue weighted by atomic mass is 16.5. The number of hydrogen-bond donors (Lipinski definition) is 2. The van der Waals surface area contributed by atoms with Crippen LogP contribution in [0.1, 0.15) is 18.4 Å². The number of aromatic nitrogens is 1. The second kappa shape index (κ2) is 7.78. The van der Waals surface area contributed by atoms with Gasteiger partial charge in [-0.3, -0.25) is 15.2 Å². The molecule has 0 saturated heterocycles. The monoisotopic (exact) mass is 223 g/mol. The number of ether oxygens (including phenoxy) is 1. The van der Waals surface area contributed by atoms with Crippen molar-refractivity contribution >= 4 is 5.91 Å². The Hall–Kier alpha value is -1.46. The number of hydrogen-bond acceptors (Lipinski definition) is 4. The largest absolute Gasteiger partial charge is 0.381 e. The van der Waals surface area contributed by atoms with Gasteiger partial charge in [-0.05, 0) is 30.5 Å². The molecule has 3 N–H and O–H groups in total. The summed E-state index contributed by atoms with van der Waals surface area (Å²) in [5.41, 5.74) is 3.30. The summed E-state index contributed by atoms with van der Waals surface area (Å²) in [6.45, 7) is 1.07. The highest BCUT2D eigenvalue weighted by Crippen LogP contribution is 2.00. The maximum absolute atomic E-state index is 10.7. The van der Waals surface area contributed by atoms with Gasteiger partial charge in [0.1, 0.15) is 0 Å². The second-order valence-corrected chi connectivity index (χ2v) is 3.39. The normalized spacial score (nSPS) is 10.1. The Morgan fingerprint density at radius 1 is 1.38 bits per heavy atom. The summed E-state index contributed by atoms with van der Waals surface area (Å²) in [6.07, 6.45) is 5.77. The van der Waals surface area contributed by atoms with E-state index in [1.165, 1.54) is 5.56 Å². The number of carbonyl (C=O) groups excluding carboxylic acids is 1. The van der Waals surface area contributed by atoms with E-state index in [9.17, 15) is 4.79 Å². The zero-order valence-electron chi connectivity index (χ0n) is 9.19. The van der Waals surface area contributed by atoms with E-state index in [0.29, 0.717) is 19.6 Å². The van der Waals surface area contributed by atoms with E-state index in [1.54, 1.807) is 12.4 Å². The van der Waals surface area contributed by atoms with Crippen molar-refractivity contribution in [2.75, 3.05) is 13.2 Å².